The van der Waals surface area contributed by atoms with Gasteiger partial charge in [0, 0.05) is 6.54 Å². The van der Waals surface area contributed by atoms with Crippen LogP contribution in [-0.4, -0.2) is 91.3 Å². The van der Waals surface area contributed by atoms with Crippen molar-refractivity contribution in [3.63, 3.8) is 0 Å². The first-order valence-electron chi connectivity index (χ1n) is 11.4. The van der Waals surface area contributed by atoms with Gasteiger partial charge in [0.2, 0.25) is 0 Å². The Morgan fingerprint density at radius 1 is 0.812 bits per heavy atom. The molecule has 0 radical (unpaired) electrons. The number of benzene rings is 1. The van der Waals surface area contributed by atoms with Gasteiger partial charge < -0.3 is 39.1 Å². The molecule has 0 atom stereocenters. The van der Waals surface area contributed by atoms with E-state index in [1.807, 2.05) is 30.3 Å². The van der Waals surface area contributed by atoms with Crippen LogP contribution in [-0.2, 0) is 35.0 Å². The van der Waals surface area contributed by atoms with Crippen molar-refractivity contribution in [1.82, 2.24) is 10.6 Å². The molecule has 2 rings (SSSR count). The number of carbonyl (C=O) groups excluding carboxylic acids is 1. The van der Waals surface area contributed by atoms with Gasteiger partial charge in [-0.2, -0.15) is 0 Å². The summed E-state index contributed by atoms with van der Waals surface area (Å²) >= 11 is 0. The van der Waals surface area contributed by atoms with E-state index in [9.17, 15) is 4.79 Å². The molecule has 1 amide bonds. The highest BCUT2D eigenvalue weighted by atomic mass is 16.6. The third-order valence-corrected chi connectivity index (χ3v) is 4.71. The third-order valence-electron chi connectivity index (χ3n) is 4.71. The summed E-state index contributed by atoms with van der Waals surface area (Å²) in [6.45, 7) is 7.41. The van der Waals surface area contributed by atoms with E-state index < -0.39 is 6.09 Å². The summed E-state index contributed by atoms with van der Waals surface area (Å²) in [7, 11) is 0. The van der Waals surface area contributed by atoms with Crippen LogP contribution in [0, 0.1) is 0 Å². The van der Waals surface area contributed by atoms with E-state index in [2.05, 4.69) is 10.6 Å². The minimum Gasteiger partial charge on any atom is -0.445 e. The lowest BCUT2D eigenvalue weighted by Crippen LogP contribution is -2.33. The molecule has 0 aromatic heterocycles. The molecule has 1 aliphatic heterocycles. The highest BCUT2D eigenvalue weighted by Crippen LogP contribution is 2.06. The fourth-order valence-electron chi connectivity index (χ4n) is 3.00. The van der Waals surface area contributed by atoms with E-state index in [1.165, 1.54) is 0 Å². The average Bonchev–Trinajstić information content (AvgIpc) is 2.83. The summed E-state index contributed by atoms with van der Waals surface area (Å²) < 4.78 is 32.7. The zero-order valence-electron chi connectivity index (χ0n) is 18.9. The second-order valence-electron chi connectivity index (χ2n) is 7.26. The van der Waals surface area contributed by atoms with E-state index in [1.54, 1.807) is 0 Å². The van der Waals surface area contributed by atoms with Crippen LogP contribution in [0.4, 0.5) is 4.79 Å². The van der Waals surface area contributed by atoms with E-state index in [0.717, 1.165) is 31.5 Å². The Morgan fingerprint density at radius 3 is 2.00 bits per heavy atom. The molecule has 0 spiro atoms. The molecule has 32 heavy (non-hydrogen) atoms. The van der Waals surface area contributed by atoms with Gasteiger partial charge in [-0.25, -0.2) is 4.79 Å². The van der Waals surface area contributed by atoms with Gasteiger partial charge in [-0.1, -0.05) is 30.3 Å². The smallest absolute Gasteiger partial charge is 0.407 e. The maximum atomic E-state index is 11.6. The molecule has 182 valence electrons. The Hall–Kier alpha value is -1.75. The number of nitrogens with one attached hydrogen (secondary N) is 2. The molecule has 1 heterocycles. The first kappa shape index (κ1) is 26.5. The first-order valence-corrected chi connectivity index (χ1v) is 11.4. The van der Waals surface area contributed by atoms with E-state index in [4.69, 9.17) is 28.4 Å². The van der Waals surface area contributed by atoms with Gasteiger partial charge in [-0.15, -0.1) is 0 Å². The minimum absolute atomic E-state index is 0.252. The summed E-state index contributed by atoms with van der Waals surface area (Å²) in [4.78, 5) is 11.6. The molecular formula is C23H38N2O7. The monoisotopic (exact) mass is 454 g/mol. The van der Waals surface area contributed by atoms with Crippen LogP contribution < -0.4 is 10.6 Å². The predicted octanol–water partition coefficient (Wildman–Crippen LogP) is 1.75. The lowest BCUT2D eigenvalue weighted by atomic mass is 10.1. The van der Waals surface area contributed by atoms with Gasteiger partial charge in [-0.05, 0) is 31.5 Å². The Labute approximate surface area is 191 Å². The fraction of sp³-hybridized carbons (Fsp3) is 0.696. The van der Waals surface area contributed by atoms with Gasteiger partial charge in [-0.3, -0.25) is 0 Å². The number of amides is 1. The molecule has 2 N–H and O–H groups in total. The highest BCUT2D eigenvalue weighted by molar-refractivity contribution is 5.67. The van der Waals surface area contributed by atoms with Gasteiger partial charge in [0.25, 0.3) is 0 Å². The fourth-order valence-corrected chi connectivity index (χ4v) is 3.00. The maximum Gasteiger partial charge on any atom is 0.407 e. The van der Waals surface area contributed by atoms with Gasteiger partial charge in [0.05, 0.1) is 65.6 Å². The van der Waals surface area contributed by atoms with E-state index in [-0.39, 0.29) is 6.61 Å². The summed E-state index contributed by atoms with van der Waals surface area (Å²) in [6.07, 6.45) is 2.07. The lowest BCUT2D eigenvalue weighted by Gasteiger charge is -2.22. The normalized spacial score (nSPS) is 14.4. The molecule has 9 heteroatoms. The maximum absolute atomic E-state index is 11.6. The van der Waals surface area contributed by atoms with Crippen molar-refractivity contribution in [2.75, 3.05) is 79.1 Å². The van der Waals surface area contributed by atoms with Crippen LogP contribution in [0.1, 0.15) is 18.4 Å². The number of piperidine rings is 1. The molecule has 0 saturated carbocycles. The van der Waals surface area contributed by atoms with Crippen LogP contribution in [0.2, 0.25) is 0 Å². The number of hydrogen-bond acceptors (Lipinski definition) is 8. The van der Waals surface area contributed by atoms with Crippen molar-refractivity contribution < 1.29 is 33.2 Å². The lowest BCUT2D eigenvalue weighted by molar-refractivity contribution is -0.0279. The molecular weight excluding hydrogens is 416 g/mol. The minimum atomic E-state index is -0.455. The van der Waals surface area contributed by atoms with Crippen LogP contribution in [0.3, 0.4) is 0 Å². The molecule has 0 unspecified atom stereocenters. The van der Waals surface area contributed by atoms with Crippen molar-refractivity contribution in [3.8, 4) is 0 Å². The number of alkyl carbamates (subject to hydrolysis) is 1. The quantitative estimate of drug-likeness (QED) is 0.324. The van der Waals surface area contributed by atoms with Gasteiger partial charge >= 0.3 is 6.09 Å². The van der Waals surface area contributed by atoms with Crippen LogP contribution in [0.15, 0.2) is 30.3 Å². The van der Waals surface area contributed by atoms with E-state index in [0.29, 0.717) is 72.1 Å². The zero-order chi connectivity index (χ0) is 22.5. The predicted molar refractivity (Wildman–Crippen MR) is 120 cm³/mol. The van der Waals surface area contributed by atoms with Crippen molar-refractivity contribution in [3.05, 3.63) is 35.9 Å². The molecule has 0 bridgehead atoms. The SMILES string of the molecule is O=C(NCCOCCOCCOCCOCCOC1CCNCC1)OCc1ccccc1. The summed E-state index contributed by atoms with van der Waals surface area (Å²) in [6, 6.07) is 9.54. The van der Waals surface area contributed by atoms with Gasteiger partial charge in [0.15, 0.2) is 0 Å². The Kier molecular flexibility index (Phi) is 15.6. The second kappa shape index (κ2) is 18.8. The largest absolute Gasteiger partial charge is 0.445 e. The molecule has 9 nitrogen and oxygen atoms in total. The molecule has 1 fully saturated rings. The highest BCUT2D eigenvalue weighted by Gasteiger charge is 2.12. The Morgan fingerprint density at radius 2 is 1.38 bits per heavy atom. The Balaban J connectivity index is 1.24. The summed E-state index contributed by atoms with van der Waals surface area (Å²) in [5.74, 6) is 0. The summed E-state index contributed by atoms with van der Waals surface area (Å²) in [5.41, 5.74) is 0.949. The number of hydrogen-bond donors (Lipinski definition) is 2. The number of rotatable bonds is 18. The molecule has 1 aromatic carbocycles. The van der Waals surface area contributed by atoms with E-state index >= 15 is 0 Å². The van der Waals surface area contributed by atoms with Crippen LogP contribution in [0.25, 0.3) is 0 Å². The summed E-state index contributed by atoms with van der Waals surface area (Å²) in [5, 5.41) is 5.96. The van der Waals surface area contributed by atoms with Crippen molar-refractivity contribution >= 4 is 6.09 Å². The van der Waals surface area contributed by atoms with Crippen LogP contribution >= 0.6 is 0 Å². The van der Waals surface area contributed by atoms with Crippen LogP contribution in [0.5, 0.6) is 0 Å². The number of carbonyl (C=O) groups is 1. The topological polar surface area (TPSA) is 96.5 Å². The standard InChI is InChI=1S/C23H38N2O7/c26-23(32-20-21-4-2-1-3-5-21)25-10-11-27-12-13-28-14-15-29-16-17-30-18-19-31-22-6-8-24-9-7-22/h1-5,22,24H,6-20H2,(H,25,26). The molecule has 0 aliphatic carbocycles. The van der Waals surface area contributed by atoms with Crippen molar-refractivity contribution in [1.29, 1.82) is 0 Å². The average molecular weight is 455 g/mol. The second-order valence-corrected chi connectivity index (χ2v) is 7.26. The van der Waals surface area contributed by atoms with Crippen molar-refractivity contribution in [2.45, 2.75) is 25.6 Å². The molecule has 1 aliphatic rings. The molecule has 1 aromatic rings. The Bertz CT molecular complexity index is 571. The zero-order valence-corrected chi connectivity index (χ0v) is 18.9. The third kappa shape index (κ3) is 14.3. The number of ether oxygens (including phenoxy) is 6. The molecule has 1 saturated heterocycles. The van der Waals surface area contributed by atoms with Gasteiger partial charge in [0.1, 0.15) is 6.61 Å². The van der Waals surface area contributed by atoms with Crippen molar-refractivity contribution in [2.24, 2.45) is 0 Å². The first-order chi connectivity index (χ1) is 15.8.